The molecule has 1 aliphatic heterocycles. The molecule has 0 radical (unpaired) electrons. The van der Waals surface area contributed by atoms with Gasteiger partial charge in [0.2, 0.25) is 11.8 Å². The Kier molecular flexibility index (Phi) is 9.65. The van der Waals surface area contributed by atoms with E-state index in [0.717, 1.165) is 32.1 Å². The van der Waals surface area contributed by atoms with Gasteiger partial charge in [-0.25, -0.2) is 0 Å². The smallest absolute Gasteiger partial charge is 0.303 e. The number of likely N-dealkylation sites (tertiary alicyclic amines) is 1. The van der Waals surface area contributed by atoms with Crippen LogP contribution in [0, 0.1) is 11.8 Å². The summed E-state index contributed by atoms with van der Waals surface area (Å²) in [5.41, 5.74) is 0. The van der Waals surface area contributed by atoms with Gasteiger partial charge in [-0.2, -0.15) is 0 Å². The highest BCUT2D eigenvalue weighted by Gasteiger charge is 2.41. The van der Waals surface area contributed by atoms with E-state index in [4.69, 9.17) is 5.11 Å². The van der Waals surface area contributed by atoms with Crippen LogP contribution in [-0.2, 0) is 14.4 Å². The first-order chi connectivity index (χ1) is 11.5. The Labute approximate surface area is 145 Å². The summed E-state index contributed by atoms with van der Waals surface area (Å²) in [5, 5.41) is 8.62. The van der Waals surface area contributed by atoms with E-state index in [0.29, 0.717) is 31.7 Å². The van der Waals surface area contributed by atoms with Gasteiger partial charge in [0, 0.05) is 19.4 Å². The lowest BCUT2D eigenvalue weighted by Crippen LogP contribution is -2.33. The quantitative estimate of drug-likeness (QED) is 0.406. The van der Waals surface area contributed by atoms with E-state index in [1.807, 2.05) is 0 Å². The number of carbonyl (C=O) groups is 3. The molecule has 1 heterocycles. The standard InChI is InChI=1S/C19H33NO4/c1-3-5-7-11-15(10-4-2)16-14-17(21)20(19(16)24)13-9-6-8-12-18(22)23/h15-16H,3-14H2,1-2H3,(H,22,23). The fourth-order valence-electron chi connectivity index (χ4n) is 3.61. The largest absolute Gasteiger partial charge is 0.481 e. The first-order valence-corrected chi connectivity index (χ1v) is 9.57. The van der Waals surface area contributed by atoms with Gasteiger partial charge < -0.3 is 5.11 Å². The lowest BCUT2D eigenvalue weighted by molar-refractivity contribution is -0.140. The normalized spacial score (nSPS) is 19.1. The number of hydrogen-bond donors (Lipinski definition) is 1. The summed E-state index contributed by atoms with van der Waals surface area (Å²) < 4.78 is 0. The number of carbonyl (C=O) groups excluding carboxylic acids is 2. The third-order valence-corrected chi connectivity index (χ3v) is 4.96. The average Bonchev–Trinajstić information content (AvgIpc) is 2.81. The second-order valence-electron chi connectivity index (χ2n) is 6.94. The van der Waals surface area contributed by atoms with Crippen LogP contribution in [-0.4, -0.2) is 34.3 Å². The Hall–Kier alpha value is -1.39. The van der Waals surface area contributed by atoms with Crippen LogP contribution in [0.15, 0.2) is 0 Å². The van der Waals surface area contributed by atoms with E-state index in [9.17, 15) is 14.4 Å². The average molecular weight is 339 g/mol. The van der Waals surface area contributed by atoms with Crippen LogP contribution in [0.5, 0.6) is 0 Å². The number of amides is 2. The molecule has 138 valence electrons. The van der Waals surface area contributed by atoms with Crippen molar-refractivity contribution in [2.45, 2.75) is 84.5 Å². The van der Waals surface area contributed by atoms with Crippen molar-refractivity contribution >= 4 is 17.8 Å². The van der Waals surface area contributed by atoms with Gasteiger partial charge in [-0.15, -0.1) is 0 Å². The van der Waals surface area contributed by atoms with Crippen molar-refractivity contribution in [1.82, 2.24) is 4.90 Å². The van der Waals surface area contributed by atoms with E-state index in [1.165, 1.54) is 17.7 Å². The highest BCUT2D eigenvalue weighted by Crippen LogP contribution is 2.33. The van der Waals surface area contributed by atoms with Gasteiger partial charge >= 0.3 is 5.97 Å². The topological polar surface area (TPSA) is 74.7 Å². The molecule has 24 heavy (non-hydrogen) atoms. The third-order valence-electron chi connectivity index (χ3n) is 4.96. The van der Waals surface area contributed by atoms with Crippen LogP contribution in [0.1, 0.15) is 84.5 Å². The highest BCUT2D eigenvalue weighted by atomic mass is 16.4. The molecule has 5 heteroatoms. The van der Waals surface area contributed by atoms with Crippen molar-refractivity contribution in [3.8, 4) is 0 Å². The van der Waals surface area contributed by atoms with Crippen LogP contribution < -0.4 is 0 Å². The maximum Gasteiger partial charge on any atom is 0.303 e. The Morgan fingerprint density at radius 1 is 1.08 bits per heavy atom. The van der Waals surface area contributed by atoms with Gasteiger partial charge in [0.25, 0.3) is 0 Å². The zero-order valence-electron chi connectivity index (χ0n) is 15.3. The molecule has 1 N–H and O–H groups in total. The van der Waals surface area contributed by atoms with Gasteiger partial charge in [0.05, 0.1) is 5.92 Å². The van der Waals surface area contributed by atoms with Gasteiger partial charge in [0.1, 0.15) is 0 Å². The summed E-state index contributed by atoms with van der Waals surface area (Å²) in [6, 6.07) is 0. The molecule has 1 aliphatic rings. The minimum atomic E-state index is -0.794. The van der Waals surface area contributed by atoms with Gasteiger partial charge in [-0.3, -0.25) is 19.3 Å². The van der Waals surface area contributed by atoms with Crippen molar-refractivity contribution in [2.75, 3.05) is 6.54 Å². The maximum atomic E-state index is 12.6. The number of imide groups is 1. The maximum absolute atomic E-state index is 12.6. The van der Waals surface area contributed by atoms with Gasteiger partial charge in [0.15, 0.2) is 0 Å². The van der Waals surface area contributed by atoms with E-state index in [1.54, 1.807) is 0 Å². The molecule has 1 rings (SSSR count). The first-order valence-electron chi connectivity index (χ1n) is 9.57. The monoisotopic (exact) mass is 339 g/mol. The van der Waals surface area contributed by atoms with Crippen molar-refractivity contribution in [3.63, 3.8) is 0 Å². The summed E-state index contributed by atoms with van der Waals surface area (Å²) in [5.74, 6) is -0.630. The third kappa shape index (κ3) is 6.62. The summed E-state index contributed by atoms with van der Waals surface area (Å²) in [6.07, 6.45) is 9.14. The molecule has 0 aromatic rings. The molecule has 0 saturated carbocycles. The molecule has 5 nitrogen and oxygen atoms in total. The summed E-state index contributed by atoms with van der Waals surface area (Å²) in [4.78, 5) is 36.8. The molecule has 2 amide bonds. The van der Waals surface area contributed by atoms with Gasteiger partial charge in [-0.05, 0) is 31.6 Å². The lowest BCUT2D eigenvalue weighted by atomic mass is 9.83. The van der Waals surface area contributed by atoms with Crippen LogP contribution in [0.4, 0.5) is 0 Å². The number of aliphatic carboxylic acids is 1. The molecule has 0 aliphatic carbocycles. The van der Waals surface area contributed by atoms with E-state index < -0.39 is 5.97 Å². The molecule has 2 atom stereocenters. The summed E-state index contributed by atoms with van der Waals surface area (Å²) in [7, 11) is 0. The molecule has 0 aromatic carbocycles. The number of nitrogens with zero attached hydrogens (tertiary/aromatic N) is 1. The molecule has 1 saturated heterocycles. The van der Waals surface area contributed by atoms with E-state index in [-0.39, 0.29) is 24.2 Å². The van der Waals surface area contributed by atoms with Crippen LogP contribution in [0.3, 0.4) is 0 Å². The van der Waals surface area contributed by atoms with Crippen LogP contribution in [0.2, 0.25) is 0 Å². The van der Waals surface area contributed by atoms with Crippen molar-refractivity contribution in [2.24, 2.45) is 11.8 Å². The van der Waals surface area contributed by atoms with Crippen LogP contribution in [0.25, 0.3) is 0 Å². The molecule has 0 spiro atoms. The van der Waals surface area contributed by atoms with E-state index in [2.05, 4.69) is 13.8 Å². The Balaban J connectivity index is 2.48. The second kappa shape index (κ2) is 11.2. The van der Waals surface area contributed by atoms with E-state index >= 15 is 0 Å². The number of unbranched alkanes of at least 4 members (excludes halogenated alkanes) is 4. The van der Waals surface area contributed by atoms with Crippen molar-refractivity contribution in [3.05, 3.63) is 0 Å². The molecule has 2 unspecified atom stereocenters. The first kappa shape index (κ1) is 20.7. The summed E-state index contributed by atoms with van der Waals surface area (Å²) >= 11 is 0. The SMILES string of the molecule is CCCCCC(CCC)C1CC(=O)N(CCCCCC(=O)O)C1=O. The summed E-state index contributed by atoms with van der Waals surface area (Å²) in [6.45, 7) is 4.75. The van der Waals surface area contributed by atoms with Crippen molar-refractivity contribution in [1.29, 1.82) is 0 Å². The predicted molar refractivity (Wildman–Crippen MR) is 93.5 cm³/mol. The van der Waals surface area contributed by atoms with Crippen molar-refractivity contribution < 1.29 is 19.5 Å². The fraction of sp³-hybridized carbons (Fsp3) is 0.842. The molecule has 1 fully saturated rings. The molecule has 0 bridgehead atoms. The number of carboxylic acid groups (broad SMARTS) is 1. The molecule has 0 aromatic heterocycles. The molecular formula is C19H33NO4. The Bertz CT molecular complexity index is 422. The Morgan fingerprint density at radius 2 is 1.83 bits per heavy atom. The number of hydrogen-bond acceptors (Lipinski definition) is 3. The molecular weight excluding hydrogens is 306 g/mol. The fourth-order valence-corrected chi connectivity index (χ4v) is 3.61. The minimum absolute atomic E-state index is 0.00758. The van der Waals surface area contributed by atoms with Gasteiger partial charge in [-0.1, -0.05) is 46.0 Å². The zero-order valence-corrected chi connectivity index (χ0v) is 15.3. The number of carboxylic acids is 1. The zero-order chi connectivity index (χ0) is 17.9. The predicted octanol–water partition coefficient (Wildman–Crippen LogP) is 4.00. The lowest BCUT2D eigenvalue weighted by Gasteiger charge is -2.22. The minimum Gasteiger partial charge on any atom is -0.481 e. The van der Waals surface area contributed by atoms with Crippen LogP contribution >= 0.6 is 0 Å². The highest BCUT2D eigenvalue weighted by molar-refractivity contribution is 6.03. The number of rotatable bonds is 13. The second-order valence-corrected chi connectivity index (χ2v) is 6.94. The Morgan fingerprint density at radius 3 is 2.46 bits per heavy atom.